The number of hydrogen-bond acceptors (Lipinski definition) is 5. The maximum absolute atomic E-state index is 13.8. The van der Waals surface area contributed by atoms with Gasteiger partial charge >= 0.3 is 0 Å². The second-order valence-electron chi connectivity index (χ2n) is 5.89. The number of carbonyl (C=O) groups excluding carboxylic acids is 1. The lowest BCUT2D eigenvalue weighted by Crippen LogP contribution is -2.48. The molecule has 0 N–H and O–H groups in total. The molecule has 4 nitrogen and oxygen atoms in total. The van der Waals surface area contributed by atoms with Gasteiger partial charge in [-0.1, -0.05) is 17.4 Å². The number of rotatable bonds is 3. The first-order chi connectivity index (χ1) is 12.6. The average molecular weight is 391 g/mol. The summed E-state index contributed by atoms with van der Waals surface area (Å²) in [6, 6.07) is 6.05. The molecule has 1 saturated heterocycles. The smallest absolute Gasteiger partial charge is 0.246 e. The quantitative estimate of drug-likeness (QED) is 0.634. The van der Waals surface area contributed by atoms with Crippen LogP contribution < -0.4 is 4.90 Å². The summed E-state index contributed by atoms with van der Waals surface area (Å²) < 4.78 is 27.7. The zero-order valence-corrected chi connectivity index (χ0v) is 15.3. The van der Waals surface area contributed by atoms with E-state index in [-0.39, 0.29) is 11.4 Å². The average Bonchev–Trinajstić information content (AvgIpc) is 3.29. The first-order valence-corrected chi connectivity index (χ1v) is 9.81. The Labute approximate surface area is 157 Å². The van der Waals surface area contributed by atoms with Crippen molar-refractivity contribution in [1.29, 1.82) is 0 Å². The molecule has 1 fully saturated rings. The Hall–Kier alpha value is -2.32. The molecule has 2 aromatic heterocycles. The molecular weight excluding hydrogens is 376 g/mol. The molecule has 0 bridgehead atoms. The molecule has 4 rings (SSSR count). The van der Waals surface area contributed by atoms with Crippen LogP contribution in [0, 0.1) is 11.6 Å². The Morgan fingerprint density at radius 1 is 1.19 bits per heavy atom. The van der Waals surface area contributed by atoms with Crippen molar-refractivity contribution in [3.05, 3.63) is 52.2 Å². The van der Waals surface area contributed by atoms with Crippen LogP contribution in [0.2, 0.25) is 0 Å². The van der Waals surface area contributed by atoms with E-state index in [2.05, 4.69) is 4.98 Å². The van der Waals surface area contributed by atoms with E-state index in [0.717, 1.165) is 10.9 Å². The second-order valence-corrected chi connectivity index (χ2v) is 7.88. The molecule has 0 spiro atoms. The molecule has 3 aromatic rings. The number of amides is 1. The number of nitrogens with zero attached hydrogens (tertiary/aromatic N) is 3. The number of fused-ring (bicyclic) bond motifs is 1. The van der Waals surface area contributed by atoms with Crippen LogP contribution in [0.4, 0.5) is 13.9 Å². The summed E-state index contributed by atoms with van der Waals surface area (Å²) in [5, 5.41) is 2.63. The molecule has 0 saturated carbocycles. The van der Waals surface area contributed by atoms with Crippen LogP contribution in [-0.4, -0.2) is 42.0 Å². The van der Waals surface area contributed by atoms with Crippen LogP contribution in [0.15, 0.2) is 35.7 Å². The Morgan fingerprint density at radius 2 is 2.00 bits per heavy atom. The summed E-state index contributed by atoms with van der Waals surface area (Å²) in [5.74, 6) is -1.26. The van der Waals surface area contributed by atoms with E-state index in [0.29, 0.717) is 36.0 Å². The Balaban J connectivity index is 1.42. The van der Waals surface area contributed by atoms with Gasteiger partial charge in [0.2, 0.25) is 5.91 Å². The Morgan fingerprint density at radius 3 is 2.73 bits per heavy atom. The van der Waals surface area contributed by atoms with Gasteiger partial charge in [-0.3, -0.25) is 4.79 Å². The van der Waals surface area contributed by atoms with E-state index < -0.39 is 11.6 Å². The largest absolute Gasteiger partial charge is 0.345 e. The van der Waals surface area contributed by atoms with Gasteiger partial charge in [0.05, 0.1) is 4.70 Å². The Kier molecular flexibility index (Phi) is 4.69. The van der Waals surface area contributed by atoms with Crippen LogP contribution >= 0.6 is 22.7 Å². The summed E-state index contributed by atoms with van der Waals surface area (Å²) in [7, 11) is 0. The van der Waals surface area contributed by atoms with E-state index in [1.54, 1.807) is 22.3 Å². The van der Waals surface area contributed by atoms with Gasteiger partial charge in [-0.15, -0.1) is 11.3 Å². The molecule has 1 aromatic carbocycles. The molecule has 1 aliphatic heterocycles. The van der Waals surface area contributed by atoms with Crippen LogP contribution in [0.3, 0.4) is 0 Å². The maximum atomic E-state index is 13.8. The lowest BCUT2D eigenvalue weighted by molar-refractivity contribution is -0.126. The van der Waals surface area contributed by atoms with Crippen molar-refractivity contribution in [1.82, 2.24) is 9.88 Å². The highest BCUT2D eigenvalue weighted by Gasteiger charge is 2.22. The van der Waals surface area contributed by atoms with Crippen molar-refractivity contribution < 1.29 is 13.6 Å². The monoisotopic (exact) mass is 391 g/mol. The molecule has 26 heavy (non-hydrogen) atoms. The van der Waals surface area contributed by atoms with E-state index >= 15 is 0 Å². The molecule has 8 heteroatoms. The highest BCUT2D eigenvalue weighted by molar-refractivity contribution is 7.22. The summed E-state index contributed by atoms with van der Waals surface area (Å²) in [5.41, 5.74) is 0.198. The minimum Gasteiger partial charge on any atom is -0.345 e. The first-order valence-electron chi connectivity index (χ1n) is 8.11. The summed E-state index contributed by atoms with van der Waals surface area (Å²) in [6.07, 6.45) is 3.42. The number of anilines is 1. The third kappa shape index (κ3) is 3.47. The van der Waals surface area contributed by atoms with Gasteiger partial charge in [0.15, 0.2) is 10.9 Å². The van der Waals surface area contributed by atoms with Crippen LogP contribution in [0.25, 0.3) is 16.3 Å². The fourth-order valence-electron chi connectivity index (χ4n) is 2.84. The van der Waals surface area contributed by atoms with Gasteiger partial charge in [-0.2, -0.15) is 0 Å². The van der Waals surface area contributed by atoms with E-state index in [1.807, 2.05) is 28.5 Å². The molecular formula is C18H15F2N3OS2. The lowest BCUT2D eigenvalue weighted by Gasteiger charge is -2.34. The Bertz CT molecular complexity index is 960. The van der Waals surface area contributed by atoms with Crippen molar-refractivity contribution >= 4 is 50.0 Å². The summed E-state index contributed by atoms with van der Waals surface area (Å²) in [6.45, 7) is 2.37. The number of aromatic nitrogens is 1. The number of carbonyl (C=O) groups is 1. The maximum Gasteiger partial charge on any atom is 0.246 e. The van der Waals surface area contributed by atoms with Gasteiger partial charge in [-0.05, 0) is 23.6 Å². The molecule has 0 unspecified atom stereocenters. The van der Waals surface area contributed by atoms with Crippen LogP contribution in [0.5, 0.6) is 0 Å². The number of halogens is 2. The first kappa shape index (κ1) is 17.1. The second kappa shape index (κ2) is 7.13. The van der Waals surface area contributed by atoms with E-state index in [1.165, 1.54) is 17.4 Å². The van der Waals surface area contributed by atoms with Gasteiger partial charge in [0.25, 0.3) is 0 Å². The topological polar surface area (TPSA) is 36.4 Å². The molecule has 0 atom stereocenters. The third-order valence-electron chi connectivity index (χ3n) is 4.20. The number of thiophene rings is 1. The van der Waals surface area contributed by atoms with E-state index in [4.69, 9.17) is 0 Å². The van der Waals surface area contributed by atoms with Gasteiger partial charge in [-0.25, -0.2) is 13.8 Å². The normalized spacial score (nSPS) is 15.3. The zero-order valence-electron chi connectivity index (χ0n) is 13.7. The van der Waals surface area contributed by atoms with Gasteiger partial charge in [0, 0.05) is 43.2 Å². The zero-order chi connectivity index (χ0) is 18.1. The lowest BCUT2D eigenvalue weighted by atomic mass is 10.3. The number of piperazine rings is 1. The minimum absolute atomic E-state index is 0.0181. The number of hydrogen-bond donors (Lipinski definition) is 0. The standard InChI is InChI=1S/C18H15F2N3OS2/c19-12-10-14(20)17-15(11-12)26-18(21-17)23-7-5-22(6-8-23)16(24)4-3-13-2-1-9-25-13/h1-4,9-11H,5-8H2/b4-3+. The van der Waals surface area contributed by atoms with Crippen molar-refractivity contribution in [2.24, 2.45) is 0 Å². The fraction of sp³-hybridized carbons (Fsp3) is 0.222. The summed E-state index contributed by atoms with van der Waals surface area (Å²) >= 11 is 2.85. The fourth-order valence-corrected chi connectivity index (χ4v) is 4.52. The highest BCUT2D eigenvalue weighted by atomic mass is 32.1. The molecule has 0 aliphatic carbocycles. The molecule has 0 radical (unpaired) electrons. The molecule has 1 aliphatic rings. The number of thiazole rings is 1. The summed E-state index contributed by atoms with van der Waals surface area (Å²) in [4.78, 5) is 21.4. The molecule has 134 valence electrons. The van der Waals surface area contributed by atoms with Crippen molar-refractivity contribution in [2.45, 2.75) is 0 Å². The van der Waals surface area contributed by atoms with Crippen molar-refractivity contribution in [3.8, 4) is 0 Å². The van der Waals surface area contributed by atoms with Gasteiger partial charge in [0.1, 0.15) is 11.3 Å². The highest BCUT2D eigenvalue weighted by Crippen LogP contribution is 2.31. The van der Waals surface area contributed by atoms with Crippen LogP contribution in [-0.2, 0) is 4.79 Å². The number of benzene rings is 1. The third-order valence-corrected chi connectivity index (χ3v) is 6.10. The predicted molar refractivity (Wildman–Crippen MR) is 102 cm³/mol. The van der Waals surface area contributed by atoms with Crippen LogP contribution in [0.1, 0.15) is 4.88 Å². The predicted octanol–water partition coefficient (Wildman–Crippen LogP) is 4.00. The molecule has 1 amide bonds. The minimum atomic E-state index is -0.643. The van der Waals surface area contributed by atoms with Crippen molar-refractivity contribution in [3.63, 3.8) is 0 Å². The SMILES string of the molecule is O=C(/C=C/c1cccs1)N1CCN(c2nc3c(F)cc(F)cc3s2)CC1. The van der Waals surface area contributed by atoms with Crippen molar-refractivity contribution in [2.75, 3.05) is 31.1 Å². The molecule has 3 heterocycles. The van der Waals surface area contributed by atoms with Gasteiger partial charge < -0.3 is 9.80 Å². The van der Waals surface area contributed by atoms with E-state index in [9.17, 15) is 13.6 Å².